The number of carbonyl (C=O) groups is 2. The Hall–Kier alpha value is -3.12. The van der Waals surface area contributed by atoms with E-state index in [1.54, 1.807) is 9.80 Å². The number of hydrogen-bond acceptors (Lipinski definition) is 3. The Morgan fingerprint density at radius 3 is 2.67 bits per heavy atom. The number of benzene rings is 2. The highest BCUT2D eigenvalue weighted by Gasteiger charge is 2.48. The first kappa shape index (κ1) is 18.9. The molecule has 0 spiro atoms. The standard InChI is InChI=1S/C24H25N3O3/c1-15-7-2-3-8-16(15)23-22-18(17-9-4-5-10-19(17)25-22)13-20-24(30)26(11-6-12-28)14-21(29)27(20)23/h2-5,7-10,20,23,25,28H,6,11-14H2,1H3. The Kier molecular flexibility index (Phi) is 4.59. The lowest BCUT2D eigenvalue weighted by Crippen LogP contribution is -2.63. The number of hydrogen-bond donors (Lipinski definition) is 2. The van der Waals surface area contributed by atoms with Crippen LogP contribution < -0.4 is 0 Å². The lowest BCUT2D eigenvalue weighted by molar-refractivity contribution is -0.158. The Bertz CT molecular complexity index is 1140. The van der Waals surface area contributed by atoms with Crippen molar-refractivity contribution in [1.29, 1.82) is 0 Å². The van der Waals surface area contributed by atoms with Gasteiger partial charge in [-0.2, -0.15) is 0 Å². The second-order valence-corrected chi connectivity index (χ2v) is 8.18. The van der Waals surface area contributed by atoms with Gasteiger partial charge in [-0.3, -0.25) is 9.59 Å². The largest absolute Gasteiger partial charge is 0.396 e. The van der Waals surface area contributed by atoms with E-state index >= 15 is 0 Å². The molecule has 2 aromatic carbocycles. The van der Waals surface area contributed by atoms with Gasteiger partial charge in [-0.1, -0.05) is 42.5 Å². The molecule has 2 amide bonds. The Balaban J connectivity index is 1.68. The zero-order chi connectivity index (χ0) is 20.8. The number of aromatic amines is 1. The lowest BCUT2D eigenvalue weighted by atomic mass is 9.85. The van der Waals surface area contributed by atoms with E-state index < -0.39 is 6.04 Å². The second kappa shape index (κ2) is 7.29. The number of aliphatic hydroxyl groups is 1. The first-order valence-electron chi connectivity index (χ1n) is 10.5. The van der Waals surface area contributed by atoms with Crippen LogP contribution in [-0.4, -0.2) is 57.4 Å². The number of fused-ring (bicyclic) bond motifs is 4. The summed E-state index contributed by atoms with van der Waals surface area (Å²) in [7, 11) is 0. The summed E-state index contributed by atoms with van der Waals surface area (Å²) in [5.74, 6) is -0.0762. The van der Waals surface area contributed by atoms with Crippen LogP contribution in [0.15, 0.2) is 48.5 Å². The van der Waals surface area contributed by atoms with Crippen LogP contribution in [0.25, 0.3) is 10.9 Å². The average molecular weight is 403 g/mol. The number of aliphatic hydroxyl groups excluding tert-OH is 1. The second-order valence-electron chi connectivity index (χ2n) is 8.18. The van der Waals surface area contributed by atoms with Crippen LogP contribution in [0.1, 0.15) is 34.8 Å². The van der Waals surface area contributed by atoms with E-state index in [4.69, 9.17) is 0 Å². The smallest absolute Gasteiger partial charge is 0.246 e. The number of piperazine rings is 1. The van der Waals surface area contributed by atoms with Gasteiger partial charge in [0.25, 0.3) is 0 Å². The van der Waals surface area contributed by atoms with Crippen molar-refractivity contribution in [3.63, 3.8) is 0 Å². The number of para-hydroxylation sites is 1. The first-order chi connectivity index (χ1) is 14.6. The molecular formula is C24H25N3O3. The molecule has 2 aliphatic rings. The molecule has 0 saturated carbocycles. The van der Waals surface area contributed by atoms with E-state index in [0.717, 1.165) is 33.3 Å². The molecule has 5 rings (SSSR count). The van der Waals surface area contributed by atoms with Crippen LogP contribution in [-0.2, 0) is 16.0 Å². The quantitative estimate of drug-likeness (QED) is 0.703. The average Bonchev–Trinajstić information content (AvgIpc) is 3.13. The van der Waals surface area contributed by atoms with Gasteiger partial charge < -0.3 is 19.9 Å². The highest BCUT2D eigenvalue weighted by Crippen LogP contribution is 2.43. The highest BCUT2D eigenvalue weighted by molar-refractivity contribution is 5.97. The molecule has 154 valence electrons. The topological polar surface area (TPSA) is 76.6 Å². The molecule has 2 atom stereocenters. The van der Waals surface area contributed by atoms with E-state index in [9.17, 15) is 14.7 Å². The van der Waals surface area contributed by atoms with Crippen LogP contribution >= 0.6 is 0 Å². The molecule has 3 aromatic rings. The van der Waals surface area contributed by atoms with E-state index in [1.165, 1.54) is 0 Å². The third-order valence-corrected chi connectivity index (χ3v) is 6.41. The molecule has 1 aromatic heterocycles. The van der Waals surface area contributed by atoms with Crippen LogP contribution in [0.4, 0.5) is 0 Å². The fourth-order valence-electron chi connectivity index (χ4n) is 4.99. The minimum Gasteiger partial charge on any atom is -0.396 e. The molecule has 6 nitrogen and oxygen atoms in total. The van der Waals surface area contributed by atoms with Gasteiger partial charge in [0.05, 0.1) is 12.6 Å². The molecule has 0 radical (unpaired) electrons. The molecule has 3 heterocycles. The summed E-state index contributed by atoms with van der Waals surface area (Å²) in [6, 6.07) is 15.3. The zero-order valence-electron chi connectivity index (χ0n) is 17.0. The lowest BCUT2D eigenvalue weighted by Gasteiger charge is -2.47. The molecule has 1 fully saturated rings. The molecule has 30 heavy (non-hydrogen) atoms. The van der Waals surface area contributed by atoms with Gasteiger partial charge in [-0.05, 0) is 36.1 Å². The maximum atomic E-state index is 13.4. The molecule has 2 N–H and O–H groups in total. The number of carbonyl (C=O) groups excluding carboxylic acids is 2. The van der Waals surface area contributed by atoms with Gasteiger partial charge in [-0.25, -0.2) is 0 Å². The van der Waals surface area contributed by atoms with Crippen LogP contribution in [0, 0.1) is 6.92 Å². The summed E-state index contributed by atoms with van der Waals surface area (Å²) in [5.41, 5.74) is 5.28. The summed E-state index contributed by atoms with van der Waals surface area (Å²) in [6.45, 7) is 2.52. The van der Waals surface area contributed by atoms with Crippen molar-refractivity contribution in [2.75, 3.05) is 19.7 Å². The zero-order valence-corrected chi connectivity index (χ0v) is 17.0. The highest BCUT2D eigenvalue weighted by atomic mass is 16.3. The molecule has 0 bridgehead atoms. The summed E-state index contributed by atoms with van der Waals surface area (Å²) < 4.78 is 0. The fourth-order valence-corrected chi connectivity index (χ4v) is 4.99. The normalized spacial score (nSPS) is 21.1. The third-order valence-electron chi connectivity index (χ3n) is 6.41. The number of H-pyrrole nitrogens is 1. The Morgan fingerprint density at radius 1 is 1.10 bits per heavy atom. The maximum absolute atomic E-state index is 13.4. The summed E-state index contributed by atoms with van der Waals surface area (Å²) in [6.07, 6.45) is 0.979. The number of nitrogens with zero attached hydrogens (tertiary/aromatic N) is 2. The van der Waals surface area contributed by atoms with Gasteiger partial charge >= 0.3 is 0 Å². The predicted molar refractivity (Wildman–Crippen MR) is 114 cm³/mol. The van der Waals surface area contributed by atoms with Gasteiger partial charge in [0.2, 0.25) is 11.8 Å². The third kappa shape index (κ3) is 2.82. The van der Waals surface area contributed by atoms with Gasteiger partial charge in [0, 0.05) is 36.2 Å². The number of nitrogens with one attached hydrogen (secondary N) is 1. The summed E-state index contributed by atoms with van der Waals surface area (Å²) in [5, 5.41) is 10.3. The van der Waals surface area contributed by atoms with E-state index in [0.29, 0.717) is 19.4 Å². The van der Waals surface area contributed by atoms with E-state index in [1.807, 2.05) is 49.4 Å². The number of rotatable bonds is 4. The van der Waals surface area contributed by atoms with Crippen LogP contribution in [0.2, 0.25) is 0 Å². The van der Waals surface area contributed by atoms with Crippen molar-refractivity contribution >= 4 is 22.7 Å². The van der Waals surface area contributed by atoms with Crippen molar-refractivity contribution in [2.45, 2.75) is 31.8 Å². The van der Waals surface area contributed by atoms with E-state index in [2.05, 4.69) is 11.1 Å². The molecule has 0 aliphatic carbocycles. The van der Waals surface area contributed by atoms with Gasteiger partial charge in [-0.15, -0.1) is 0 Å². The SMILES string of the molecule is Cc1ccccc1C1c2[nH]c3ccccc3c2CC2C(=O)N(CCCO)CC(=O)N21. The number of aryl methyl sites for hydroxylation is 1. The molecule has 2 aliphatic heterocycles. The van der Waals surface area contributed by atoms with Crippen molar-refractivity contribution in [1.82, 2.24) is 14.8 Å². The minimum absolute atomic E-state index is 0.00474. The predicted octanol–water partition coefficient (Wildman–Crippen LogP) is 2.54. The monoisotopic (exact) mass is 403 g/mol. The maximum Gasteiger partial charge on any atom is 0.246 e. The van der Waals surface area contributed by atoms with Crippen molar-refractivity contribution in [3.05, 3.63) is 70.9 Å². The van der Waals surface area contributed by atoms with Gasteiger partial charge in [0.1, 0.15) is 6.04 Å². The van der Waals surface area contributed by atoms with Crippen molar-refractivity contribution in [3.8, 4) is 0 Å². The van der Waals surface area contributed by atoms with E-state index in [-0.39, 0.29) is 31.0 Å². The fraction of sp³-hybridized carbons (Fsp3) is 0.333. The minimum atomic E-state index is -0.527. The molecule has 1 saturated heterocycles. The first-order valence-corrected chi connectivity index (χ1v) is 10.5. The van der Waals surface area contributed by atoms with Crippen LogP contribution in [0.3, 0.4) is 0 Å². The number of aromatic nitrogens is 1. The molecule has 6 heteroatoms. The van der Waals surface area contributed by atoms with Crippen molar-refractivity contribution < 1.29 is 14.7 Å². The number of amides is 2. The molecular weight excluding hydrogens is 378 g/mol. The summed E-state index contributed by atoms with van der Waals surface area (Å²) >= 11 is 0. The van der Waals surface area contributed by atoms with Gasteiger partial charge in [0.15, 0.2) is 0 Å². The van der Waals surface area contributed by atoms with Crippen LogP contribution in [0.5, 0.6) is 0 Å². The summed E-state index contributed by atoms with van der Waals surface area (Å²) in [4.78, 5) is 33.7. The van der Waals surface area contributed by atoms with Crippen molar-refractivity contribution in [2.24, 2.45) is 0 Å². The molecule has 2 unspecified atom stereocenters. The Morgan fingerprint density at radius 2 is 1.87 bits per heavy atom. The Labute approximate surface area is 175 Å².